The van der Waals surface area contributed by atoms with Crippen LogP contribution in [0.4, 0.5) is 0 Å². The van der Waals surface area contributed by atoms with Crippen LogP contribution in [-0.2, 0) is 5.75 Å². The topological polar surface area (TPSA) is 25.8 Å². The lowest BCUT2D eigenvalue weighted by atomic mass is 10.2. The van der Waals surface area contributed by atoms with Crippen molar-refractivity contribution >= 4 is 35.0 Å². The van der Waals surface area contributed by atoms with Crippen molar-refractivity contribution in [3.05, 3.63) is 51.9 Å². The molecule has 17 heavy (non-hydrogen) atoms. The number of hydrogen-bond donors (Lipinski definition) is 0. The molecule has 2 aromatic rings. The highest BCUT2D eigenvalue weighted by Gasteiger charge is 2.05. The van der Waals surface area contributed by atoms with E-state index in [0.29, 0.717) is 0 Å². The molecule has 0 amide bonds. The summed E-state index contributed by atoms with van der Waals surface area (Å²) in [5.74, 6) is 0.772. The van der Waals surface area contributed by atoms with Crippen molar-refractivity contribution in [3.63, 3.8) is 0 Å². The van der Waals surface area contributed by atoms with Gasteiger partial charge in [-0.15, -0.1) is 11.8 Å². The summed E-state index contributed by atoms with van der Waals surface area (Å²) in [5.41, 5.74) is 2.11. The third kappa shape index (κ3) is 3.35. The van der Waals surface area contributed by atoms with Crippen molar-refractivity contribution in [3.8, 4) is 0 Å². The van der Waals surface area contributed by atoms with Gasteiger partial charge < -0.3 is 0 Å². The van der Waals surface area contributed by atoms with E-state index in [4.69, 9.17) is 23.2 Å². The predicted molar refractivity (Wildman–Crippen MR) is 72.8 cm³/mol. The van der Waals surface area contributed by atoms with E-state index < -0.39 is 0 Å². The minimum absolute atomic E-state index is 0.275. The number of rotatable bonds is 3. The van der Waals surface area contributed by atoms with Crippen LogP contribution in [-0.4, -0.2) is 9.97 Å². The zero-order valence-electron chi connectivity index (χ0n) is 9.15. The summed E-state index contributed by atoms with van der Waals surface area (Å²) < 4.78 is 0. The van der Waals surface area contributed by atoms with Gasteiger partial charge in [0.1, 0.15) is 5.03 Å². The van der Waals surface area contributed by atoms with Crippen molar-refractivity contribution in [2.24, 2.45) is 0 Å². The van der Waals surface area contributed by atoms with Gasteiger partial charge in [-0.05, 0) is 35.7 Å². The van der Waals surface area contributed by atoms with E-state index in [9.17, 15) is 0 Å². The van der Waals surface area contributed by atoms with E-state index in [2.05, 4.69) is 9.97 Å². The van der Waals surface area contributed by atoms with Crippen molar-refractivity contribution in [2.75, 3.05) is 0 Å². The van der Waals surface area contributed by atoms with Gasteiger partial charge in [-0.2, -0.15) is 0 Å². The summed E-state index contributed by atoms with van der Waals surface area (Å²) in [7, 11) is 0. The van der Waals surface area contributed by atoms with Crippen LogP contribution in [0.3, 0.4) is 0 Å². The molecule has 0 unspecified atom stereocenters. The van der Waals surface area contributed by atoms with Crippen molar-refractivity contribution in [1.29, 1.82) is 0 Å². The van der Waals surface area contributed by atoms with Gasteiger partial charge >= 0.3 is 0 Å². The first-order valence-corrected chi connectivity index (χ1v) is 6.76. The molecule has 0 aliphatic rings. The van der Waals surface area contributed by atoms with Crippen LogP contribution in [0.15, 0.2) is 35.5 Å². The quantitative estimate of drug-likeness (QED) is 0.475. The lowest BCUT2D eigenvalue weighted by Crippen LogP contribution is -1.90. The molecular weight excluding hydrogens is 275 g/mol. The highest BCUT2D eigenvalue weighted by atomic mass is 35.5. The van der Waals surface area contributed by atoms with Gasteiger partial charge in [0.15, 0.2) is 0 Å². The number of thioether (sulfide) groups is 1. The highest BCUT2D eigenvalue weighted by molar-refractivity contribution is 7.98. The summed E-state index contributed by atoms with van der Waals surface area (Å²) in [6.07, 6.45) is 1.73. The molecule has 0 radical (unpaired) electrons. The minimum atomic E-state index is 0.275. The maximum atomic E-state index is 6.09. The molecule has 0 N–H and O–H groups in total. The lowest BCUT2D eigenvalue weighted by molar-refractivity contribution is 1.00. The molecule has 2 rings (SSSR count). The molecule has 1 aromatic carbocycles. The summed E-state index contributed by atoms with van der Waals surface area (Å²) in [6, 6.07) is 7.79. The van der Waals surface area contributed by atoms with Crippen LogP contribution in [0.25, 0.3) is 0 Å². The van der Waals surface area contributed by atoms with Gasteiger partial charge in [-0.25, -0.2) is 9.97 Å². The molecule has 0 aliphatic heterocycles. The molecule has 0 fully saturated rings. The first-order valence-electron chi connectivity index (χ1n) is 5.02. The maximum Gasteiger partial charge on any atom is 0.223 e. The molecular formula is C12H10Cl2N2S. The van der Waals surface area contributed by atoms with E-state index in [0.717, 1.165) is 26.9 Å². The Hall–Kier alpha value is -0.770. The van der Waals surface area contributed by atoms with Crippen molar-refractivity contribution < 1.29 is 0 Å². The Labute approximate surface area is 114 Å². The largest absolute Gasteiger partial charge is 0.226 e. The van der Waals surface area contributed by atoms with E-state index in [-0.39, 0.29) is 5.28 Å². The fourth-order valence-corrected chi connectivity index (χ4v) is 2.75. The summed E-state index contributed by atoms with van der Waals surface area (Å²) in [4.78, 5) is 8.12. The highest BCUT2D eigenvalue weighted by Crippen LogP contribution is 2.27. The van der Waals surface area contributed by atoms with Crippen LogP contribution >= 0.6 is 35.0 Å². The van der Waals surface area contributed by atoms with Gasteiger partial charge in [0.25, 0.3) is 0 Å². The molecule has 0 spiro atoms. The predicted octanol–water partition coefficient (Wildman–Crippen LogP) is 4.38. The summed E-state index contributed by atoms with van der Waals surface area (Å²) >= 11 is 13.5. The average Bonchev–Trinajstić information content (AvgIpc) is 2.32. The molecule has 1 aromatic heterocycles. The third-order valence-electron chi connectivity index (χ3n) is 2.22. The average molecular weight is 285 g/mol. The number of benzene rings is 1. The Morgan fingerprint density at radius 2 is 2.00 bits per heavy atom. The molecule has 0 aliphatic carbocycles. The summed E-state index contributed by atoms with van der Waals surface area (Å²) in [5, 5.41) is 1.94. The normalized spacial score (nSPS) is 10.5. The second kappa shape index (κ2) is 5.71. The monoisotopic (exact) mass is 284 g/mol. The zero-order chi connectivity index (χ0) is 12.3. The van der Waals surface area contributed by atoms with Crippen LogP contribution in [0.2, 0.25) is 10.3 Å². The lowest BCUT2D eigenvalue weighted by Gasteiger charge is -2.05. The standard InChI is InChI=1S/C12H10Cl2N2S/c1-8-6-15-12(14)16-11(8)17-7-9-4-2-3-5-10(9)13/h2-6H,7H2,1H3. The fourth-order valence-electron chi connectivity index (χ4n) is 1.31. The number of hydrogen-bond acceptors (Lipinski definition) is 3. The van der Waals surface area contributed by atoms with Gasteiger partial charge in [-0.1, -0.05) is 29.8 Å². The van der Waals surface area contributed by atoms with Gasteiger partial charge in [-0.3, -0.25) is 0 Å². The Bertz CT molecular complexity index is 532. The third-order valence-corrected chi connectivity index (χ3v) is 3.91. The van der Waals surface area contributed by atoms with E-state index in [1.807, 2.05) is 31.2 Å². The molecule has 88 valence electrons. The number of aryl methyl sites for hydroxylation is 1. The molecule has 0 atom stereocenters. The van der Waals surface area contributed by atoms with Crippen LogP contribution in [0, 0.1) is 6.92 Å². The van der Waals surface area contributed by atoms with Crippen LogP contribution in [0.1, 0.15) is 11.1 Å². The van der Waals surface area contributed by atoms with Crippen molar-refractivity contribution in [1.82, 2.24) is 9.97 Å². The number of aromatic nitrogens is 2. The molecule has 2 nitrogen and oxygen atoms in total. The Morgan fingerprint density at radius 3 is 2.76 bits per heavy atom. The second-order valence-electron chi connectivity index (χ2n) is 3.51. The Kier molecular flexibility index (Phi) is 4.26. The maximum absolute atomic E-state index is 6.09. The zero-order valence-corrected chi connectivity index (χ0v) is 11.5. The molecule has 1 heterocycles. The number of nitrogens with zero attached hydrogens (tertiary/aromatic N) is 2. The number of halogens is 2. The molecule has 5 heteroatoms. The Morgan fingerprint density at radius 1 is 1.24 bits per heavy atom. The SMILES string of the molecule is Cc1cnc(Cl)nc1SCc1ccccc1Cl. The second-order valence-corrected chi connectivity index (χ2v) is 5.22. The van der Waals surface area contributed by atoms with Crippen LogP contribution < -0.4 is 0 Å². The molecule has 0 saturated heterocycles. The van der Waals surface area contributed by atoms with E-state index >= 15 is 0 Å². The first kappa shape index (κ1) is 12.7. The van der Waals surface area contributed by atoms with Gasteiger partial charge in [0, 0.05) is 17.0 Å². The summed E-state index contributed by atoms with van der Waals surface area (Å²) in [6.45, 7) is 1.96. The van der Waals surface area contributed by atoms with E-state index in [1.165, 1.54) is 0 Å². The van der Waals surface area contributed by atoms with Gasteiger partial charge in [0.05, 0.1) is 0 Å². The van der Waals surface area contributed by atoms with Crippen molar-refractivity contribution in [2.45, 2.75) is 17.7 Å². The Balaban J connectivity index is 2.12. The molecule has 0 saturated carbocycles. The van der Waals surface area contributed by atoms with E-state index in [1.54, 1.807) is 18.0 Å². The fraction of sp³-hybridized carbons (Fsp3) is 0.167. The first-order chi connectivity index (χ1) is 8.16. The smallest absolute Gasteiger partial charge is 0.223 e. The minimum Gasteiger partial charge on any atom is -0.226 e. The molecule has 0 bridgehead atoms. The van der Waals surface area contributed by atoms with Gasteiger partial charge in [0.2, 0.25) is 5.28 Å². The van der Waals surface area contributed by atoms with Crippen LogP contribution in [0.5, 0.6) is 0 Å².